The number of carbonyl (C=O) groups excluding carboxylic acids is 1. The van der Waals surface area contributed by atoms with Crippen LogP contribution in [0.15, 0.2) is 72.9 Å². The second kappa shape index (κ2) is 68.5. The predicted molar refractivity (Wildman–Crippen MR) is 382 cm³/mol. The molecule has 0 saturated carbocycles. The summed E-state index contributed by atoms with van der Waals surface area (Å²) in [6.07, 6.45) is 90.4. The van der Waals surface area contributed by atoms with Gasteiger partial charge in [0, 0.05) is 6.42 Å². The molecule has 1 amide bonds. The summed E-state index contributed by atoms with van der Waals surface area (Å²) in [5, 5.41) is 54.8. The Morgan fingerprint density at radius 3 is 1.02 bits per heavy atom. The number of aliphatic hydroxyl groups is 5. The van der Waals surface area contributed by atoms with Gasteiger partial charge in [-0.05, 0) is 83.5 Å². The maximum atomic E-state index is 13.2. The number of nitrogens with one attached hydrogen (secondary N) is 1. The van der Waals surface area contributed by atoms with E-state index in [1.807, 2.05) is 6.08 Å². The number of carbonyl (C=O) groups is 1. The fourth-order valence-electron chi connectivity index (χ4n) is 12.2. The van der Waals surface area contributed by atoms with Crippen LogP contribution in [0.25, 0.3) is 0 Å². The number of hydrogen-bond acceptors (Lipinski definition) is 8. The fourth-order valence-corrected chi connectivity index (χ4v) is 12.2. The van der Waals surface area contributed by atoms with Crippen LogP contribution < -0.4 is 5.32 Å². The molecule has 7 atom stereocenters. The number of unbranched alkanes of at least 4 members (excludes halogenated alkanes) is 48. The molecule has 1 heterocycles. The van der Waals surface area contributed by atoms with Crippen LogP contribution in [0.4, 0.5) is 0 Å². The van der Waals surface area contributed by atoms with E-state index in [0.717, 1.165) is 57.8 Å². The van der Waals surface area contributed by atoms with Crippen molar-refractivity contribution in [3.63, 3.8) is 0 Å². The minimum Gasteiger partial charge on any atom is -0.394 e. The number of ether oxygens (including phenoxy) is 2. The molecule has 0 aromatic carbocycles. The van der Waals surface area contributed by atoms with Gasteiger partial charge in [-0.3, -0.25) is 4.79 Å². The van der Waals surface area contributed by atoms with Gasteiger partial charge in [-0.25, -0.2) is 0 Å². The molecule has 89 heavy (non-hydrogen) atoms. The first-order chi connectivity index (χ1) is 43.8. The zero-order valence-corrected chi connectivity index (χ0v) is 58.4. The third-order valence-corrected chi connectivity index (χ3v) is 18.2. The summed E-state index contributed by atoms with van der Waals surface area (Å²) in [6, 6.07) is -0.832. The van der Waals surface area contributed by atoms with E-state index in [9.17, 15) is 30.3 Å². The third-order valence-electron chi connectivity index (χ3n) is 18.2. The van der Waals surface area contributed by atoms with Crippen molar-refractivity contribution in [1.29, 1.82) is 0 Å². The summed E-state index contributed by atoms with van der Waals surface area (Å²) in [7, 11) is 0. The van der Waals surface area contributed by atoms with Crippen LogP contribution in [-0.2, 0) is 14.3 Å². The molecule has 6 N–H and O–H groups in total. The van der Waals surface area contributed by atoms with Crippen LogP contribution in [-0.4, -0.2) is 87.5 Å². The molecular weight excluding hydrogens is 1100 g/mol. The van der Waals surface area contributed by atoms with Gasteiger partial charge < -0.3 is 40.3 Å². The first-order valence-corrected chi connectivity index (χ1v) is 38.7. The van der Waals surface area contributed by atoms with Gasteiger partial charge in [0.25, 0.3) is 0 Å². The SMILES string of the molecule is CCCCCCC/C=C\C/C=C\C/C=C\CCCCCCCCCCCCCCCCCCCCCCC(=O)NC(COC1OC(CO)C(O)C(O)C1O)C(O)/C=C/CC/C=C/CC/C=C/CCCCCCCCCCCCCCCCCCCCCCC. The van der Waals surface area contributed by atoms with E-state index < -0.39 is 49.5 Å². The zero-order chi connectivity index (χ0) is 64.2. The van der Waals surface area contributed by atoms with Crippen molar-refractivity contribution in [3.05, 3.63) is 72.9 Å². The Morgan fingerprint density at radius 2 is 0.674 bits per heavy atom. The Kier molecular flexibility index (Phi) is 65.1. The first-order valence-electron chi connectivity index (χ1n) is 38.7. The maximum absolute atomic E-state index is 13.2. The molecule has 0 spiro atoms. The van der Waals surface area contributed by atoms with Crippen molar-refractivity contribution in [2.75, 3.05) is 13.2 Å². The Hall–Kier alpha value is -2.37. The van der Waals surface area contributed by atoms with Gasteiger partial charge in [-0.1, -0.05) is 356 Å². The molecule has 0 aromatic rings. The second-order valence-corrected chi connectivity index (χ2v) is 26.8. The van der Waals surface area contributed by atoms with E-state index in [-0.39, 0.29) is 12.5 Å². The molecule has 520 valence electrons. The molecule has 1 aliphatic heterocycles. The van der Waals surface area contributed by atoms with E-state index in [1.165, 1.54) is 295 Å². The molecule has 1 rings (SSSR count). The monoisotopic (exact) mass is 1250 g/mol. The van der Waals surface area contributed by atoms with Gasteiger partial charge in [0.2, 0.25) is 5.91 Å². The lowest BCUT2D eigenvalue weighted by Gasteiger charge is -2.40. The second-order valence-electron chi connectivity index (χ2n) is 26.8. The molecule has 9 nitrogen and oxygen atoms in total. The molecular formula is C80H147NO8. The van der Waals surface area contributed by atoms with E-state index >= 15 is 0 Å². The summed E-state index contributed by atoms with van der Waals surface area (Å²) >= 11 is 0. The summed E-state index contributed by atoms with van der Waals surface area (Å²) in [6.45, 7) is 3.79. The Labute approximate surface area is 550 Å². The number of hydrogen-bond donors (Lipinski definition) is 6. The highest BCUT2D eigenvalue weighted by Crippen LogP contribution is 2.24. The van der Waals surface area contributed by atoms with E-state index in [1.54, 1.807) is 6.08 Å². The van der Waals surface area contributed by atoms with E-state index in [4.69, 9.17) is 9.47 Å². The fraction of sp³-hybridized carbons (Fsp3) is 0.838. The Balaban J connectivity index is 2.11. The van der Waals surface area contributed by atoms with Crippen LogP contribution >= 0.6 is 0 Å². The van der Waals surface area contributed by atoms with Crippen LogP contribution in [0, 0.1) is 0 Å². The van der Waals surface area contributed by atoms with E-state index in [0.29, 0.717) is 6.42 Å². The average Bonchev–Trinajstić information content (AvgIpc) is 2.28. The quantitative estimate of drug-likeness (QED) is 0.0261. The van der Waals surface area contributed by atoms with Gasteiger partial charge in [0.05, 0.1) is 25.4 Å². The van der Waals surface area contributed by atoms with Crippen molar-refractivity contribution in [1.82, 2.24) is 5.32 Å². The lowest BCUT2D eigenvalue weighted by Crippen LogP contribution is -2.60. The number of rotatable bonds is 68. The first kappa shape index (κ1) is 84.6. The summed E-state index contributed by atoms with van der Waals surface area (Å²) in [4.78, 5) is 13.2. The lowest BCUT2D eigenvalue weighted by molar-refractivity contribution is -0.302. The summed E-state index contributed by atoms with van der Waals surface area (Å²) < 4.78 is 11.3. The Bertz CT molecular complexity index is 1640. The van der Waals surface area contributed by atoms with Crippen molar-refractivity contribution in [2.24, 2.45) is 0 Å². The minimum absolute atomic E-state index is 0.186. The highest BCUT2D eigenvalue weighted by atomic mass is 16.7. The number of aliphatic hydroxyl groups excluding tert-OH is 5. The highest BCUT2D eigenvalue weighted by molar-refractivity contribution is 5.76. The van der Waals surface area contributed by atoms with E-state index in [2.05, 4.69) is 79.9 Å². The van der Waals surface area contributed by atoms with Gasteiger partial charge in [-0.15, -0.1) is 0 Å². The molecule has 0 aliphatic carbocycles. The average molecular weight is 1250 g/mol. The van der Waals surface area contributed by atoms with Gasteiger partial charge in [0.1, 0.15) is 24.4 Å². The number of allylic oxidation sites excluding steroid dienone is 11. The zero-order valence-electron chi connectivity index (χ0n) is 58.4. The standard InChI is InChI=1S/C80H147NO8/c1-3-5-7-9-11-13-15-17-19-21-23-25-27-29-31-33-35-36-37-38-40-42-44-46-48-50-52-54-56-58-60-62-64-66-68-70-76(84)81-73(72-88-80-79(87)78(86)77(85)75(71-82)89-80)74(83)69-67-65-63-61-59-57-55-53-51-49-47-45-43-41-39-34-32-30-28-26-24-22-20-18-16-14-12-10-8-6-4-2/h15,17,21,23,27,29,51,53,59,61,67,69,73-75,77-80,82-83,85-87H,3-14,16,18-20,22,24-26,28,30-50,52,54-58,60,62-66,68,70-72H2,1-2H3,(H,81,84)/b17-15-,23-21-,29-27-,53-51+,61-59+,69-67+. The van der Waals surface area contributed by atoms with Gasteiger partial charge >= 0.3 is 0 Å². The molecule has 7 unspecified atom stereocenters. The third kappa shape index (κ3) is 56.9. The summed E-state index contributed by atoms with van der Waals surface area (Å²) in [5.41, 5.74) is 0. The number of amides is 1. The van der Waals surface area contributed by atoms with Crippen molar-refractivity contribution in [2.45, 2.75) is 416 Å². The molecule has 1 fully saturated rings. The molecule has 0 bridgehead atoms. The molecule has 1 aliphatic rings. The molecule has 0 radical (unpaired) electrons. The van der Waals surface area contributed by atoms with Crippen LogP contribution in [0.3, 0.4) is 0 Å². The molecule has 1 saturated heterocycles. The van der Waals surface area contributed by atoms with Crippen LogP contribution in [0.1, 0.15) is 373 Å². The van der Waals surface area contributed by atoms with Crippen molar-refractivity contribution < 1.29 is 39.8 Å². The normalized spacial score (nSPS) is 18.2. The lowest BCUT2D eigenvalue weighted by atomic mass is 9.99. The smallest absolute Gasteiger partial charge is 0.220 e. The summed E-state index contributed by atoms with van der Waals surface area (Å²) in [5.74, 6) is -0.186. The van der Waals surface area contributed by atoms with Crippen LogP contribution in [0.5, 0.6) is 0 Å². The van der Waals surface area contributed by atoms with Gasteiger partial charge in [0.15, 0.2) is 6.29 Å². The molecule has 0 aromatic heterocycles. The Morgan fingerprint density at radius 1 is 0.382 bits per heavy atom. The van der Waals surface area contributed by atoms with Crippen LogP contribution in [0.2, 0.25) is 0 Å². The van der Waals surface area contributed by atoms with Gasteiger partial charge in [-0.2, -0.15) is 0 Å². The topological polar surface area (TPSA) is 149 Å². The minimum atomic E-state index is -1.58. The van der Waals surface area contributed by atoms with Crippen molar-refractivity contribution >= 4 is 5.91 Å². The largest absolute Gasteiger partial charge is 0.394 e. The predicted octanol–water partition coefficient (Wildman–Crippen LogP) is 21.9. The maximum Gasteiger partial charge on any atom is 0.220 e. The van der Waals surface area contributed by atoms with Crippen molar-refractivity contribution in [3.8, 4) is 0 Å². The highest BCUT2D eigenvalue weighted by Gasteiger charge is 2.44. The molecule has 9 heteroatoms.